The third-order valence-corrected chi connectivity index (χ3v) is 3.25. The van der Waals surface area contributed by atoms with Gasteiger partial charge in [-0.3, -0.25) is 4.79 Å². The largest absolute Gasteiger partial charge is 0.481 e. The van der Waals surface area contributed by atoms with Crippen molar-refractivity contribution >= 4 is 5.97 Å². The molecule has 0 aromatic heterocycles. The standard InChI is InChI=1S/C10H16O2/c1-4-7-5-8(6-9(11)12)10(7,2)3/h4,7-8H,1,5-6H2,2-3H3,(H,11,12). The molecular formula is C10H16O2. The summed E-state index contributed by atoms with van der Waals surface area (Å²) in [5.41, 5.74) is 0.139. The third kappa shape index (κ3) is 1.38. The molecule has 0 aromatic carbocycles. The highest BCUT2D eigenvalue weighted by Crippen LogP contribution is 2.53. The van der Waals surface area contributed by atoms with Gasteiger partial charge in [0.05, 0.1) is 0 Å². The van der Waals surface area contributed by atoms with Crippen LogP contribution in [0.3, 0.4) is 0 Å². The Morgan fingerprint density at radius 2 is 2.33 bits per heavy atom. The van der Waals surface area contributed by atoms with Crippen molar-refractivity contribution in [1.29, 1.82) is 0 Å². The summed E-state index contributed by atoms with van der Waals surface area (Å²) in [4.78, 5) is 10.5. The lowest BCUT2D eigenvalue weighted by molar-refractivity contribution is -0.142. The Labute approximate surface area is 73.3 Å². The molecule has 0 aliphatic heterocycles. The van der Waals surface area contributed by atoms with Gasteiger partial charge in [0.1, 0.15) is 0 Å². The van der Waals surface area contributed by atoms with Gasteiger partial charge in [0.2, 0.25) is 0 Å². The number of aliphatic carboxylic acids is 1. The molecular weight excluding hydrogens is 152 g/mol. The van der Waals surface area contributed by atoms with Gasteiger partial charge < -0.3 is 5.11 Å². The van der Waals surface area contributed by atoms with Crippen LogP contribution in [0, 0.1) is 17.3 Å². The van der Waals surface area contributed by atoms with E-state index in [1.165, 1.54) is 0 Å². The molecule has 12 heavy (non-hydrogen) atoms. The minimum Gasteiger partial charge on any atom is -0.481 e. The molecule has 1 fully saturated rings. The van der Waals surface area contributed by atoms with Crippen LogP contribution >= 0.6 is 0 Å². The van der Waals surface area contributed by atoms with Crippen molar-refractivity contribution in [2.45, 2.75) is 26.7 Å². The first-order valence-corrected chi connectivity index (χ1v) is 4.32. The lowest BCUT2D eigenvalue weighted by Crippen LogP contribution is -2.44. The molecule has 1 N–H and O–H groups in total. The summed E-state index contributed by atoms with van der Waals surface area (Å²) in [6.45, 7) is 7.99. The van der Waals surface area contributed by atoms with E-state index >= 15 is 0 Å². The Morgan fingerprint density at radius 1 is 1.75 bits per heavy atom. The molecule has 2 atom stereocenters. The number of hydrogen-bond donors (Lipinski definition) is 1. The summed E-state index contributed by atoms with van der Waals surface area (Å²) in [5, 5.41) is 8.61. The monoisotopic (exact) mass is 168 g/mol. The molecule has 2 unspecified atom stereocenters. The Balaban J connectivity index is 2.53. The predicted octanol–water partition coefficient (Wildman–Crippen LogP) is 2.31. The summed E-state index contributed by atoms with van der Waals surface area (Å²) in [7, 11) is 0. The Morgan fingerprint density at radius 3 is 2.67 bits per heavy atom. The maximum absolute atomic E-state index is 10.5. The fourth-order valence-corrected chi connectivity index (χ4v) is 2.01. The number of carboxylic acid groups (broad SMARTS) is 1. The summed E-state index contributed by atoms with van der Waals surface area (Å²) in [6.07, 6.45) is 3.23. The Bertz CT molecular complexity index is 206. The number of hydrogen-bond acceptors (Lipinski definition) is 1. The van der Waals surface area contributed by atoms with E-state index in [1.807, 2.05) is 6.08 Å². The molecule has 68 valence electrons. The minimum atomic E-state index is -0.685. The van der Waals surface area contributed by atoms with Crippen LogP contribution in [0.4, 0.5) is 0 Å². The van der Waals surface area contributed by atoms with Gasteiger partial charge >= 0.3 is 5.97 Å². The smallest absolute Gasteiger partial charge is 0.303 e. The van der Waals surface area contributed by atoms with Crippen LogP contribution in [0.25, 0.3) is 0 Å². The summed E-state index contributed by atoms with van der Waals surface area (Å²) < 4.78 is 0. The van der Waals surface area contributed by atoms with Crippen LogP contribution in [0.1, 0.15) is 26.7 Å². The van der Waals surface area contributed by atoms with Crippen LogP contribution < -0.4 is 0 Å². The maximum atomic E-state index is 10.5. The highest BCUT2D eigenvalue weighted by atomic mass is 16.4. The average Bonchev–Trinajstić information content (AvgIpc) is 1.96. The number of allylic oxidation sites excluding steroid dienone is 1. The van der Waals surface area contributed by atoms with Gasteiger partial charge in [-0.25, -0.2) is 0 Å². The fraction of sp³-hybridized carbons (Fsp3) is 0.700. The zero-order valence-electron chi connectivity index (χ0n) is 7.71. The van der Waals surface area contributed by atoms with Crippen LogP contribution in [-0.2, 0) is 4.79 Å². The summed E-state index contributed by atoms with van der Waals surface area (Å²) in [6, 6.07) is 0. The van der Waals surface area contributed by atoms with Crippen molar-refractivity contribution < 1.29 is 9.90 Å². The predicted molar refractivity (Wildman–Crippen MR) is 47.8 cm³/mol. The molecule has 1 rings (SSSR count). The average molecular weight is 168 g/mol. The van der Waals surface area contributed by atoms with Crippen molar-refractivity contribution in [2.75, 3.05) is 0 Å². The highest BCUT2D eigenvalue weighted by molar-refractivity contribution is 5.67. The normalized spacial score (nSPS) is 32.2. The van der Waals surface area contributed by atoms with Gasteiger partial charge in [0.25, 0.3) is 0 Å². The number of carboxylic acids is 1. The molecule has 0 amide bonds. The quantitative estimate of drug-likeness (QED) is 0.656. The Kier molecular flexibility index (Phi) is 2.27. The van der Waals surface area contributed by atoms with E-state index in [9.17, 15) is 4.79 Å². The van der Waals surface area contributed by atoms with Crippen molar-refractivity contribution in [3.05, 3.63) is 12.7 Å². The zero-order valence-corrected chi connectivity index (χ0v) is 7.71. The summed E-state index contributed by atoms with van der Waals surface area (Å²) >= 11 is 0. The van der Waals surface area contributed by atoms with Crippen molar-refractivity contribution in [3.8, 4) is 0 Å². The summed E-state index contributed by atoms with van der Waals surface area (Å²) in [5.74, 6) is 0.149. The van der Waals surface area contributed by atoms with Crippen molar-refractivity contribution in [2.24, 2.45) is 17.3 Å². The maximum Gasteiger partial charge on any atom is 0.303 e. The molecule has 1 aliphatic rings. The molecule has 0 aromatic rings. The SMILES string of the molecule is C=CC1CC(CC(=O)O)C1(C)C. The van der Waals surface area contributed by atoms with Crippen molar-refractivity contribution in [3.63, 3.8) is 0 Å². The lowest BCUT2D eigenvalue weighted by Gasteiger charge is -2.50. The van der Waals surface area contributed by atoms with E-state index in [1.54, 1.807) is 0 Å². The topological polar surface area (TPSA) is 37.3 Å². The molecule has 1 saturated carbocycles. The van der Waals surface area contributed by atoms with Crippen LogP contribution in [-0.4, -0.2) is 11.1 Å². The van der Waals surface area contributed by atoms with E-state index in [0.717, 1.165) is 6.42 Å². The molecule has 0 bridgehead atoms. The van der Waals surface area contributed by atoms with E-state index in [0.29, 0.717) is 18.3 Å². The number of carbonyl (C=O) groups is 1. The molecule has 2 heteroatoms. The second kappa shape index (κ2) is 2.92. The van der Waals surface area contributed by atoms with E-state index in [-0.39, 0.29) is 5.41 Å². The van der Waals surface area contributed by atoms with Crippen LogP contribution in [0.15, 0.2) is 12.7 Å². The van der Waals surface area contributed by atoms with E-state index in [4.69, 9.17) is 5.11 Å². The van der Waals surface area contributed by atoms with Gasteiger partial charge in [-0.15, -0.1) is 6.58 Å². The van der Waals surface area contributed by atoms with E-state index < -0.39 is 5.97 Å². The fourth-order valence-electron chi connectivity index (χ4n) is 2.01. The lowest BCUT2D eigenvalue weighted by atomic mass is 9.54. The van der Waals surface area contributed by atoms with Crippen LogP contribution in [0.5, 0.6) is 0 Å². The first-order chi connectivity index (χ1) is 5.48. The van der Waals surface area contributed by atoms with Crippen LogP contribution in [0.2, 0.25) is 0 Å². The Hall–Kier alpha value is -0.790. The highest BCUT2D eigenvalue weighted by Gasteiger charge is 2.46. The second-order valence-corrected chi connectivity index (χ2v) is 4.19. The minimum absolute atomic E-state index is 0.139. The molecule has 0 spiro atoms. The number of rotatable bonds is 3. The van der Waals surface area contributed by atoms with Gasteiger partial charge in [0, 0.05) is 6.42 Å². The van der Waals surface area contributed by atoms with Gasteiger partial charge in [-0.1, -0.05) is 19.9 Å². The molecule has 2 nitrogen and oxygen atoms in total. The molecule has 1 aliphatic carbocycles. The first-order valence-electron chi connectivity index (χ1n) is 4.32. The van der Waals surface area contributed by atoms with Gasteiger partial charge in [0.15, 0.2) is 0 Å². The first kappa shape index (κ1) is 9.30. The zero-order chi connectivity index (χ0) is 9.35. The van der Waals surface area contributed by atoms with Gasteiger partial charge in [-0.2, -0.15) is 0 Å². The van der Waals surface area contributed by atoms with Gasteiger partial charge in [-0.05, 0) is 23.7 Å². The molecule has 0 radical (unpaired) electrons. The van der Waals surface area contributed by atoms with Crippen molar-refractivity contribution in [1.82, 2.24) is 0 Å². The third-order valence-electron chi connectivity index (χ3n) is 3.25. The molecule has 0 heterocycles. The second-order valence-electron chi connectivity index (χ2n) is 4.19. The molecule has 0 saturated heterocycles. The van der Waals surface area contributed by atoms with E-state index in [2.05, 4.69) is 20.4 Å².